The summed E-state index contributed by atoms with van der Waals surface area (Å²) >= 11 is 0. The number of H-pyrrole nitrogens is 1. The molecule has 1 aromatic rings. The van der Waals surface area contributed by atoms with Gasteiger partial charge in [-0.15, -0.1) is 12.4 Å². The summed E-state index contributed by atoms with van der Waals surface area (Å²) in [4.78, 5) is 3.19. The molecule has 0 bridgehead atoms. The predicted octanol–water partition coefficient (Wildman–Crippen LogP) is 2.27. The van der Waals surface area contributed by atoms with Crippen molar-refractivity contribution >= 4 is 12.4 Å². The monoisotopic (exact) mass is 230 g/mol. The molecule has 1 aromatic heterocycles. The minimum atomic E-state index is 0. The summed E-state index contributed by atoms with van der Waals surface area (Å²) in [6.45, 7) is 4.28. The van der Waals surface area contributed by atoms with Crippen LogP contribution in [-0.2, 0) is 4.74 Å². The number of rotatable bonds is 3. The molecule has 86 valence electrons. The third kappa shape index (κ3) is 3.52. The zero-order valence-electron chi connectivity index (χ0n) is 9.03. The van der Waals surface area contributed by atoms with E-state index in [1.165, 1.54) is 5.69 Å². The van der Waals surface area contributed by atoms with Crippen LogP contribution in [0.4, 0.5) is 0 Å². The molecule has 1 atom stereocenters. The first-order valence-corrected chi connectivity index (χ1v) is 5.36. The second kappa shape index (κ2) is 6.16. The zero-order valence-corrected chi connectivity index (χ0v) is 9.85. The fraction of sp³-hybridized carbons (Fsp3) is 0.636. The van der Waals surface area contributed by atoms with Gasteiger partial charge in [0.05, 0.1) is 12.2 Å². The minimum absolute atomic E-state index is 0. The largest absolute Gasteiger partial charge is 0.369 e. The summed E-state index contributed by atoms with van der Waals surface area (Å²) in [7, 11) is 0. The van der Waals surface area contributed by atoms with Crippen LogP contribution >= 0.6 is 12.4 Å². The lowest BCUT2D eigenvalue weighted by Crippen LogP contribution is -2.33. The first kappa shape index (κ1) is 12.6. The van der Waals surface area contributed by atoms with Gasteiger partial charge >= 0.3 is 0 Å². The molecule has 0 aromatic carbocycles. The topological polar surface area (TPSA) is 37.0 Å². The first-order valence-electron chi connectivity index (χ1n) is 5.36. The van der Waals surface area contributed by atoms with E-state index in [9.17, 15) is 0 Å². The fourth-order valence-electron chi connectivity index (χ4n) is 1.89. The third-order valence-corrected chi connectivity index (χ3v) is 2.74. The van der Waals surface area contributed by atoms with Crippen LogP contribution in [0.25, 0.3) is 0 Å². The molecule has 2 N–H and O–H groups in total. The molecule has 1 aliphatic heterocycles. The Morgan fingerprint density at radius 2 is 2.13 bits per heavy atom. The van der Waals surface area contributed by atoms with Crippen molar-refractivity contribution in [1.29, 1.82) is 0 Å². The lowest BCUT2D eigenvalue weighted by molar-refractivity contribution is -0.0203. The van der Waals surface area contributed by atoms with Crippen molar-refractivity contribution in [2.24, 2.45) is 0 Å². The molecule has 2 heterocycles. The van der Waals surface area contributed by atoms with Crippen LogP contribution in [0.2, 0.25) is 0 Å². The van der Waals surface area contributed by atoms with E-state index in [0.717, 1.165) is 25.9 Å². The van der Waals surface area contributed by atoms with E-state index in [-0.39, 0.29) is 18.5 Å². The van der Waals surface area contributed by atoms with Crippen LogP contribution in [-0.4, -0.2) is 24.2 Å². The van der Waals surface area contributed by atoms with Gasteiger partial charge in [-0.1, -0.05) is 0 Å². The highest BCUT2D eigenvalue weighted by atomic mass is 35.5. The van der Waals surface area contributed by atoms with E-state index in [1.807, 2.05) is 12.3 Å². The summed E-state index contributed by atoms with van der Waals surface area (Å²) in [6, 6.07) is 4.09. The van der Waals surface area contributed by atoms with Crippen LogP contribution in [0.5, 0.6) is 0 Å². The van der Waals surface area contributed by atoms with Gasteiger partial charge in [-0.2, -0.15) is 0 Å². The molecule has 1 unspecified atom stereocenters. The molecule has 0 saturated carbocycles. The molecule has 0 spiro atoms. The normalized spacial score (nSPS) is 19.5. The van der Waals surface area contributed by atoms with E-state index >= 15 is 0 Å². The number of piperidine rings is 1. The molecule has 2 rings (SSSR count). The minimum Gasteiger partial charge on any atom is -0.369 e. The first-order chi connectivity index (χ1) is 6.86. The molecule has 0 aliphatic carbocycles. The van der Waals surface area contributed by atoms with Gasteiger partial charge in [-0.3, -0.25) is 0 Å². The number of ether oxygens (including phenoxy) is 1. The van der Waals surface area contributed by atoms with Crippen molar-refractivity contribution in [1.82, 2.24) is 10.3 Å². The van der Waals surface area contributed by atoms with Crippen LogP contribution < -0.4 is 5.32 Å². The smallest absolute Gasteiger partial charge is 0.0948 e. The molecule has 3 nitrogen and oxygen atoms in total. The Bertz CT molecular complexity index is 258. The van der Waals surface area contributed by atoms with Crippen LogP contribution in [0.1, 0.15) is 31.6 Å². The Morgan fingerprint density at radius 3 is 2.73 bits per heavy atom. The molecular formula is C11H19ClN2O. The summed E-state index contributed by atoms with van der Waals surface area (Å²) in [5.74, 6) is 0. The second-order valence-corrected chi connectivity index (χ2v) is 3.85. The van der Waals surface area contributed by atoms with E-state index < -0.39 is 0 Å². The number of aromatic nitrogens is 1. The quantitative estimate of drug-likeness (QED) is 0.836. The average Bonchev–Trinajstić information content (AvgIpc) is 2.72. The summed E-state index contributed by atoms with van der Waals surface area (Å²) in [5.41, 5.74) is 1.17. The van der Waals surface area contributed by atoms with E-state index in [0.29, 0.717) is 6.10 Å². The second-order valence-electron chi connectivity index (χ2n) is 3.85. The average molecular weight is 231 g/mol. The van der Waals surface area contributed by atoms with E-state index in [2.05, 4.69) is 23.3 Å². The number of hydrogen-bond donors (Lipinski definition) is 2. The van der Waals surface area contributed by atoms with Crippen molar-refractivity contribution in [3.8, 4) is 0 Å². The molecule has 1 aliphatic rings. The lowest BCUT2D eigenvalue weighted by Gasteiger charge is -2.25. The van der Waals surface area contributed by atoms with Crippen molar-refractivity contribution in [2.45, 2.75) is 32.0 Å². The number of nitrogens with one attached hydrogen (secondary N) is 2. The molecular weight excluding hydrogens is 212 g/mol. The summed E-state index contributed by atoms with van der Waals surface area (Å²) < 4.78 is 5.96. The highest BCUT2D eigenvalue weighted by Gasteiger charge is 2.17. The maximum Gasteiger partial charge on any atom is 0.0948 e. The van der Waals surface area contributed by atoms with Crippen LogP contribution in [0, 0.1) is 0 Å². The molecule has 4 heteroatoms. The van der Waals surface area contributed by atoms with Gasteiger partial charge in [0.25, 0.3) is 0 Å². The Kier molecular flexibility index (Phi) is 5.15. The maximum absolute atomic E-state index is 5.96. The molecule has 0 amide bonds. The molecule has 1 saturated heterocycles. The Labute approximate surface area is 97.0 Å². The molecule has 15 heavy (non-hydrogen) atoms. The number of halogens is 1. The van der Waals surface area contributed by atoms with E-state index in [1.54, 1.807) is 0 Å². The zero-order chi connectivity index (χ0) is 9.80. The third-order valence-electron chi connectivity index (χ3n) is 2.74. The SMILES string of the molecule is CC(OC1CCNCC1)c1ccc[nH]1.Cl. The van der Waals surface area contributed by atoms with Gasteiger partial charge in [0.1, 0.15) is 0 Å². The molecule has 1 fully saturated rings. The maximum atomic E-state index is 5.96. The van der Waals surface area contributed by atoms with Crippen molar-refractivity contribution < 1.29 is 4.74 Å². The Hall–Kier alpha value is -0.510. The van der Waals surface area contributed by atoms with Gasteiger partial charge in [-0.25, -0.2) is 0 Å². The van der Waals surface area contributed by atoms with Crippen LogP contribution in [0.3, 0.4) is 0 Å². The predicted molar refractivity (Wildman–Crippen MR) is 63.4 cm³/mol. The molecule has 0 radical (unpaired) electrons. The Morgan fingerprint density at radius 1 is 1.40 bits per heavy atom. The van der Waals surface area contributed by atoms with Crippen molar-refractivity contribution in [3.63, 3.8) is 0 Å². The highest BCUT2D eigenvalue weighted by molar-refractivity contribution is 5.85. The van der Waals surface area contributed by atoms with Crippen LogP contribution in [0.15, 0.2) is 18.3 Å². The van der Waals surface area contributed by atoms with Gasteiger partial charge in [0.2, 0.25) is 0 Å². The number of hydrogen-bond acceptors (Lipinski definition) is 2. The number of aromatic amines is 1. The van der Waals surface area contributed by atoms with Crippen molar-refractivity contribution in [3.05, 3.63) is 24.0 Å². The van der Waals surface area contributed by atoms with Gasteiger partial charge in [0.15, 0.2) is 0 Å². The summed E-state index contributed by atoms with van der Waals surface area (Å²) in [6.07, 6.45) is 4.82. The fourth-order valence-corrected chi connectivity index (χ4v) is 1.89. The lowest BCUT2D eigenvalue weighted by atomic mass is 10.1. The van der Waals surface area contributed by atoms with Gasteiger partial charge in [-0.05, 0) is 45.0 Å². The van der Waals surface area contributed by atoms with E-state index in [4.69, 9.17) is 4.74 Å². The van der Waals surface area contributed by atoms with Crippen molar-refractivity contribution in [2.75, 3.05) is 13.1 Å². The Balaban J connectivity index is 0.00000112. The van der Waals surface area contributed by atoms with Gasteiger partial charge < -0.3 is 15.0 Å². The standard InChI is InChI=1S/C11H18N2O.ClH/c1-9(11-3-2-6-13-11)14-10-4-7-12-8-5-10;/h2-3,6,9-10,12-13H,4-5,7-8H2,1H3;1H. The summed E-state index contributed by atoms with van der Waals surface area (Å²) in [5, 5.41) is 3.33. The van der Waals surface area contributed by atoms with Gasteiger partial charge in [0, 0.05) is 11.9 Å². The highest BCUT2D eigenvalue weighted by Crippen LogP contribution is 2.20.